The molecular formula is C42H45Cl2Zr. The SMILES string of the molecule is CCCC1=CC2=c3c(CCC)cc(C)cc3=[C]([Zr+2]=[C](c3ccccc3)c3ccccc3)C2=C(C2=CC=CC2)C1(C)CCC.[Cl-].[Cl-]. The molecule has 3 aromatic rings. The van der Waals surface area contributed by atoms with Gasteiger partial charge in [-0.25, -0.2) is 0 Å². The summed E-state index contributed by atoms with van der Waals surface area (Å²) in [5, 5.41) is 3.09. The number of allylic oxidation sites excluding steroid dienone is 8. The molecule has 0 saturated carbocycles. The third-order valence-electron chi connectivity index (χ3n) is 9.51. The maximum absolute atomic E-state index is 2.69. The van der Waals surface area contributed by atoms with Crippen LogP contribution >= 0.6 is 0 Å². The first-order valence-electron chi connectivity index (χ1n) is 16.5. The van der Waals surface area contributed by atoms with E-state index in [0.717, 1.165) is 12.8 Å². The van der Waals surface area contributed by atoms with Crippen LogP contribution in [0.15, 0.2) is 119 Å². The Balaban J connectivity index is 0.00000230. The normalized spacial score (nSPS) is 18.0. The van der Waals surface area contributed by atoms with Gasteiger partial charge in [0.1, 0.15) is 0 Å². The van der Waals surface area contributed by atoms with E-state index in [1.165, 1.54) is 54.4 Å². The van der Waals surface area contributed by atoms with Crippen molar-refractivity contribution in [3.05, 3.63) is 152 Å². The predicted molar refractivity (Wildman–Crippen MR) is 182 cm³/mol. The molecule has 3 aromatic carbocycles. The fourth-order valence-corrected chi connectivity index (χ4v) is 11.6. The summed E-state index contributed by atoms with van der Waals surface area (Å²) in [4.78, 5) is 0. The van der Waals surface area contributed by atoms with Gasteiger partial charge in [0.05, 0.1) is 0 Å². The van der Waals surface area contributed by atoms with Gasteiger partial charge in [0.25, 0.3) is 0 Å². The molecule has 0 bridgehead atoms. The van der Waals surface area contributed by atoms with E-state index < -0.39 is 22.8 Å². The van der Waals surface area contributed by atoms with Crippen molar-refractivity contribution in [2.75, 3.05) is 0 Å². The summed E-state index contributed by atoms with van der Waals surface area (Å²) in [6, 6.07) is 27.5. The van der Waals surface area contributed by atoms with Crippen LogP contribution in [0.1, 0.15) is 88.5 Å². The number of benzene rings is 3. The second-order valence-electron chi connectivity index (χ2n) is 12.7. The van der Waals surface area contributed by atoms with Crippen molar-refractivity contribution in [1.29, 1.82) is 0 Å². The van der Waals surface area contributed by atoms with Crippen molar-refractivity contribution in [2.45, 2.75) is 79.6 Å². The number of fused-ring (bicyclic) bond motifs is 2. The Hall–Kier alpha value is -2.31. The molecule has 6 rings (SSSR count). The molecule has 1 unspecified atom stereocenters. The van der Waals surface area contributed by atoms with Gasteiger partial charge in [-0.05, 0) is 0 Å². The van der Waals surface area contributed by atoms with E-state index in [9.17, 15) is 0 Å². The fraction of sp³-hybridized carbons (Fsp3) is 0.310. The Labute approximate surface area is 294 Å². The van der Waals surface area contributed by atoms with Gasteiger partial charge in [-0.2, -0.15) is 0 Å². The zero-order valence-electron chi connectivity index (χ0n) is 27.4. The van der Waals surface area contributed by atoms with E-state index >= 15 is 0 Å². The molecule has 3 aliphatic rings. The van der Waals surface area contributed by atoms with Crippen LogP contribution in [0.2, 0.25) is 0 Å². The van der Waals surface area contributed by atoms with Crippen molar-refractivity contribution in [3.63, 3.8) is 0 Å². The first-order valence-corrected chi connectivity index (χ1v) is 18.9. The van der Waals surface area contributed by atoms with Crippen molar-refractivity contribution >= 4 is 12.1 Å². The molecule has 0 saturated heterocycles. The average Bonchev–Trinajstić information content (AvgIpc) is 3.64. The maximum atomic E-state index is 2.69. The molecule has 0 fully saturated rings. The second-order valence-corrected chi connectivity index (χ2v) is 15.8. The maximum Gasteiger partial charge on any atom is -1.00 e. The summed E-state index contributed by atoms with van der Waals surface area (Å²) in [5.41, 5.74) is 13.8. The smallest absolute Gasteiger partial charge is 1.00 e. The molecule has 45 heavy (non-hydrogen) atoms. The molecule has 3 heteroatoms. The fourth-order valence-electron chi connectivity index (χ4n) is 7.74. The number of hydrogen-bond donors (Lipinski definition) is 0. The Morgan fingerprint density at radius 1 is 0.822 bits per heavy atom. The molecule has 0 aliphatic heterocycles. The molecule has 0 heterocycles. The topological polar surface area (TPSA) is 0 Å². The summed E-state index contributed by atoms with van der Waals surface area (Å²) >= 11 is -1.29. The summed E-state index contributed by atoms with van der Waals surface area (Å²) in [6.07, 6.45) is 17.9. The molecular weight excluding hydrogens is 667 g/mol. The van der Waals surface area contributed by atoms with Gasteiger partial charge in [0.15, 0.2) is 0 Å². The number of aryl methyl sites for hydroxylation is 2. The molecule has 0 N–H and O–H groups in total. The van der Waals surface area contributed by atoms with Crippen LogP contribution in [0.25, 0.3) is 8.85 Å². The average molecular weight is 712 g/mol. The number of halogens is 2. The first-order chi connectivity index (χ1) is 21.0. The van der Waals surface area contributed by atoms with Crippen LogP contribution in [-0.2, 0) is 29.2 Å². The molecule has 0 amide bonds. The quantitative estimate of drug-likeness (QED) is 0.303. The predicted octanol–water partition coefficient (Wildman–Crippen LogP) is 3.31. The summed E-state index contributed by atoms with van der Waals surface area (Å²) in [5.74, 6) is 0. The zero-order chi connectivity index (χ0) is 30.0. The van der Waals surface area contributed by atoms with Crippen LogP contribution in [0.5, 0.6) is 0 Å². The molecule has 3 aliphatic carbocycles. The van der Waals surface area contributed by atoms with Gasteiger partial charge in [-0.15, -0.1) is 0 Å². The van der Waals surface area contributed by atoms with E-state index in [2.05, 4.69) is 132 Å². The molecule has 1 atom stereocenters. The van der Waals surface area contributed by atoms with E-state index in [-0.39, 0.29) is 30.2 Å². The van der Waals surface area contributed by atoms with Crippen LogP contribution in [0, 0.1) is 12.3 Å². The van der Waals surface area contributed by atoms with Crippen molar-refractivity contribution in [3.8, 4) is 0 Å². The Kier molecular flexibility index (Phi) is 12.3. The molecule has 231 valence electrons. The largest absolute Gasteiger partial charge is 1.00 e. The van der Waals surface area contributed by atoms with Gasteiger partial charge in [0.2, 0.25) is 0 Å². The Morgan fingerprint density at radius 2 is 1.47 bits per heavy atom. The van der Waals surface area contributed by atoms with Gasteiger partial charge >= 0.3 is 272 Å². The molecule has 0 spiro atoms. The Morgan fingerprint density at radius 3 is 2.02 bits per heavy atom. The number of rotatable bonds is 10. The van der Waals surface area contributed by atoms with E-state index in [1.807, 2.05) is 0 Å². The van der Waals surface area contributed by atoms with Gasteiger partial charge in [0, 0.05) is 0 Å². The van der Waals surface area contributed by atoms with E-state index in [0.29, 0.717) is 0 Å². The first kappa shape index (κ1) is 35.5. The molecule has 0 radical (unpaired) electrons. The zero-order valence-corrected chi connectivity index (χ0v) is 31.4. The monoisotopic (exact) mass is 709 g/mol. The van der Waals surface area contributed by atoms with Gasteiger partial charge < -0.3 is 24.8 Å². The minimum atomic E-state index is -1.29. The summed E-state index contributed by atoms with van der Waals surface area (Å²) in [6.45, 7) is 12.0. The molecule has 0 nitrogen and oxygen atoms in total. The minimum Gasteiger partial charge on any atom is -1.00 e. The van der Waals surface area contributed by atoms with Gasteiger partial charge in [-0.3, -0.25) is 0 Å². The van der Waals surface area contributed by atoms with Crippen molar-refractivity contribution < 1.29 is 47.6 Å². The minimum absolute atomic E-state index is 0. The van der Waals surface area contributed by atoms with Crippen LogP contribution in [-0.4, -0.2) is 3.21 Å². The van der Waals surface area contributed by atoms with Crippen LogP contribution < -0.4 is 35.3 Å². The second kappa shape index (κ2) is 15.5. The van der Waals surface area contributed by atoms with Crippen LogP contribution in [0.3, 0.4) is 0 Å². The van der Waals surface area contributed by atoms with E-state index in [1.54, 1.807) is 44.8 Å². The van der Waals surface area contributed by atoms with Gasteiger partial charge in [-0.1, -0.05) is 0 Å². The Bertz CT molecular complexity index is 1780. The van der Waals surface area contributed by atoms with Crippen molar-refractivity contribution in [2.24, 2.45) is 5.41 Å². The summed E-state index contributed by atoms with van der Waals surface area (Å²) in [7, 11) is 0. The third-order valence-corrected chi connectivity index (χ3v) is 13.4. The van der Waals surface area contributed by atoms with Crippen LogP contribution in [0.4, 0.5) is 0 Å². The number of hydrogen-bond acceptors (Lipinski definition) is 0. The van der Waals surface area contributed by atoms with E-state index in [4.69, 9.17) is 0 Å². The summed E-state index contributed by atoms with van der Waals surface area (Å²) < 4.78 is 3.27. The third kappa shape index (κ3) is 6.74. The van der Waals surface area contributed by atoms with Crippen molar-refractivity contribution in [1.82, 2.24) is 0 Å². The standard InChI is InChI=1S/C29H35.C13H10.2ClH.Zr/c1-6-11-22-16-20(4)17-23-18-26-25(27(22)23)19-24(12-7-2)29(5,15-8-3)28(26)21-13-9-10-14-21;1-3-7-12(8-4-1)11-13-9-5-2-6-10-13;;;/h9-10,13,16-17,19H,6-8,11-12,14-15H2,1-5H3;1-10H;2*1H;/q;;;;+2/p-2. The molecule has 0 aromatic heterocycles.